The molecule has 0 aliphatic heterocycles. The topological polar surface area (TPSA) is 79.5 Å². The number of nitrogens with two attached hydrogens (primary N) is 1. The van der Waals surface area contributed by atoms with Crippen molar-refractivity contribution in [3.05, 3.63) is 35.6 Å². The maximum absolute atomic E-state index is 13.5. The maximum Gasteiger partial charge on any atom is 0.224 e. The van der Waals surface area contributed by atoms with Gasteiger partial charge in [0.05, 0.1) is 12.0 Å². The highest BCUT2D eigenvalue weighted by molar-refractivity contribution is 14.0. The molecule has 0 unspecified atom stereocenters. The summed E-state index contributed by atoms with van der Waals surface area (Å²) in [5, 5.41) is 6.49. The van der Waals surface area contributed by atoms with Gasteiger partial charge in [0.25, 0.3) is 0 Å². The average molecular weight is 462 g/mol. The first-order chi connectivity index (χ1) is 11.3. The summed E-state index contributed by atoms with van der Waals surface area (Å²) in [5.41, 5.74) is 5.68. The van der Waals surface area contributed by atoms with Crippen LogP contribution in [0.1, 0.15) is 39.2 Å². The monoisotopic (exact) mass is 462 g/mol. The molecule has 1 amide bonds. The Morgan fingerprint density at radius 3 is 2.56 bits per heavy atom. The van der Waals surface area contributed by atoms with Crippen molar-refractivity contribution in [1.29, 1.82) is 0 Å². The predicted molar refractivity (Wildman–Crippen MR) is 110 cm³/mol. The van der Waals surface area contributed by atoms with E-state index in [0.29, 0.717) is 19.0 Å². The van der Waals surface area contributed by atoms with Gasteiger partial charge in [-0.2, -0.15) is 0 Å². The van der Waals surface area contributed by atoms with E-state index in [9.17, 15) is 9.18 Å². The number of carbonyl (C=O) groups excluding carboxylic acids is 1. The van der Waals surface area contributed by atoms with Gasteiger partial charge in [-0.25, -0.2) is 4.39 Å². The van der Waals surface area contributed by atoms with Crippen LogP contribution in [0.2, 0.25) is 0 Å². The smallest absolute Gasteiger partial charge is 0.224 e. The van der Waals surface area contributed by atoms with Crippen molar-refractivity contribution in [1.82, 2.24) is 10.6 Å². The van der Waals surface area contributed by atoms with Crippen molar-refractivity contribution in [2.24, 2.45) is 16.1 Å². The zero-order valence-corrected chi connectivity index (χ0v) is 17.4. The Hall–Kier alpha value is -1.38. The molecule has 0 bridgehead atoms. The van der Waals surface area contributed by atoms with Crippen molar-refractivity contribution in [2.75, 3.05) is 19.6 Å². The van der Waals surface area contributed by atoms with Gasteiger partial charge < -0.3 is 16.4 Å². The third-order valence-corrected chi connectivity index (χ3v) is 4.53. The first-order valence-electron chi connectivity index (χ1n) is 8.37. The molecule has 0 radical (unpaired) electrons. The minimum Gasteiger partial charge on any atom is -0.369 e. The zero-order valence-electron chi connectivity index (χ0n) is 15.1. The first-order valence-corrected chi connectivity index (χ1v) is 8.37. The van der Waals surface area contributed by atoms with Gasteiger partial charge in [-0.1, -0.05) is 12.1 Å². The molecule has 0 saturated heterocycles. The number of primary amides is 1. The molecule has 4 N–H and O–H groups in total. The fourth-order valence-corrected chi connectivity index (χ4v) is 2.49. The van der Waals surface area contributed by atoms with E-state index in [1.807, 2.05) is 13.0 Å². The molecular formula is C18H28FIN4O. The van der Waals surface area contributed by atoms with Crippen molar-refractivity contribution in [3.63, 3.8) is 0 Å². The molecule has 25 heavy (non-hydrogen) atoms. The largest absolute Gasteiger partial charge is 0.369 e. The summed E-state index contributed by atoms with van der Waals surface area (Å²) in [6, 6.07) is 6.79. The maximum atomic E-state index is 13.5. The van der Waals surface area contributed by atoms with Crippen molar-refractivity contribution in [3.8, 4) is 0 Å². The van der Waals surface area contributed by atoms with Crippen LogP contribution in [0, 0.1) is 11.2 Å². The number of benzene rings is 1. The Balaban J connectivity index is 0.00000312. The lowest BCUT2D eigenvalue weighted by molar-refractivity contribution is -0.125. The minimum absolute atomic E-state index is 0. The summed E-state index contributed by atoms with van der Waals surface area (Å²) in [6.45, 7) is 7.24. The quantitative estimate of drug-likeness (QED) is 0.331. The van der Waals surface area contributed by atoms with Gasteiger partial charge in [0, 0.05) is 18.5 Å². The number of guanidine groups is 1. The van der Waals surface area contributed by atoms with Crippen LogP contribution in [0.4, 0.5) is 4.39 Å². The van der Waals surface area contributed by atoms with Gasteiger partial charge in [0.2, 0.25) is 5.91 Å². The molecule has 140 valence electrons. The summed E-state index contributed by atoms with van der Waals surface area (Å²) in [7, 11) is 0. The Morgan fingerprint density at radius 2 is 2.04 bits per heavy atom. The third kappa shape index (κ3) is 5.83. The predicted octanol–water partition coefficient (Wildman–Crippen LogP) is 2.54. The van der Waals surface area contributed by atoms with Gasteiger partial charge in [-0.3, -0.25) is 9.79 Å². The van der Waals surface area contributed by atoms with E-state index < -0.39 is 5.41 Å². The molecule has 1 aromatic carbocycles. The molecule has 5 nitrogen and oxygen atoms in total. The molecular weight excluding hydrogens is 434 g/mol. The summed E-state index contributed by atoms with van der Waals surface area (Å²) in [6.07, 6.45) is 2.05. The number of hydrogen-bond acceptors (Lipinski definition) is 2. The van der Waals surface area contributed by atoms with E-state index in [0.717, 1.165) is 24.9 Å². The van der Waals surface area contributed by atoms with Crippen molar-refractivity contribution in [2.45, 2.75) is 39.0 Å². The van der Waals surface area contributed by atoms with E-state index in [2.05, 4.69) is 15.6 Å². The average Bonchev–Trinajstić information content (AvgIpc) is 3.31. The fourth-order valence-electron chi connectivity index (χ4n) is 2.49. The number of halogens is 2. The van der Waals surface area contributed by atoms with Crippen LogP contribution in [0.15, 0.2) is 29.3 Å². The van der Waals surface area contributed by atoms with Gasteiger partial charge in [0.1, 0.15) is 5.82 Å². The van der Waals surface area contributed by atoms with Gasteiger partial charge in [0.15, 0.2) is 5.96 Å². The Bertz CT molecular complexity index is 629. The van der Waals surface area contributed by atoms with E-state index >= 15 is 0 Å². The van der Waals surface area contributed by atoms with Crippen LogP contribution in [0.3, 0.4) is 0 Å². The molecule has 0 aromatic heterocycles. The van der Waals surface area contributed by atoms with Crippen LogP contribution >= 0.6 is 24.0 Å². The van der Waals surface area contributed by atoms with E-state index in [4.69, 9.17) is 5.73 Å². The molecule has 0 heterocycles. The van der Waals surface area contributed by atoms with Crippen LogP contribution in [-0.2, 0) is 10.2 Å². The van der Waals surface area contributed by atoms with Crippen LogP contribution < -0.4 is 16.4 Å². The summed E-state index contributed by atoms with van der Waals surface area (Å²) in [5.74, 6) is 0.0672. The number of amides is 1. The fraction of sp³-hybridized carbons (Fsp3) is 0.556. The van der Waals surface area contributed by atoms with E-state index in [1.54, 1.807) is 26.0 Å². The summed E-state index contributed by atoms with van der Waals surface area (Å²) < 4.78 is 13.5. The molecule has 1 aliphatic carbocycles. The summed E-state index contributed by atoms with van der Waals surface area (Å²) >= 11 is 0. The lowest BCUT2D eigenvalue weighted by atomic mass is 9.93. The second-order valence-corrected chi connectivity index (χ2v) is 7.09. The molecule has 2 rings (SSSR count). The number of aliphatic imine (C=N–C) groups is 1. The highest BCUT2D eigenvalue weighted by Gasteiger charge is 2.44. The van der Waals surface area contributed by atoms with E-state index in [-0.39, 0.29) is 41.1 Å². The zero-order chi connectivity index (χ0) is 17.8. The first kappa shape index (κ1) is 21.7. The van der Waals surface area contributed by atoms with Gasteiger partial charge >= 0.3 is 0 Å². The highest BCUT2D eigenvalue weighted by Crippen LogP contribution is 2.47. The minimum atomic E-state index is -0.692. The lowest BCUT2D eigenvalue weighted by Crippen LogP contribution is -2.42. The number of rotatable bonds is 7. The van der Waals surface area contributed by atoms with Crippen molar-refractivity contribution < 1.29 is 9.18 Å². The Morgan fingerprint density at radius 1 is 1.36 bits per heavy atom. The Kier molecular flexibility index (Phi) is 7.64. The number of nitrogens with zero attached hydrogens (tertiary/aromatic N) is 1. The molecule has 1 aromatic rings. The second-order valence-electron chi connectivity index (χ2n) is 7.09. The normalized spacial score (nSPS) is 15.9. The number of hydrogen-bond donors (Lipinski definition) is 3. The standard InChI is InChI=1S/C18H27FN4O.HI/c1-4-21-16(22-11-17(2,3)15(20)24)23-12-18(8-9-18)13-6-5-7-14(19)10-13;/h5-7,10H,4,8-9,11-12H2,1-3H3,(H2,20,24)(H2,21,22,23);1H. The summed E-state index contributed by atoms with van der Waals surface area (Å²) in [4.78, 5) is 15.9. The lowest BCUT2D eigenvalue weighted by Gasteiger charge is -2.21. The third-order valence-electron chi connectivity index (χ3n) is 4.53. The highest BCUT2D eigenvalue weighted by atomic mass is 127. The Labute approximate surface area is 166 Å². The molecule has 7 heteroatoms. The molecule has 1 aliphatic rings. The van der Waals surface area contributed by atoms with E-state index in [1.165, 1.54) is 6.07 Å². The number of carbonyl (C=O) groups is 1. The molecule has 1 saturated carbocycles. The SMILES string of the molecule is CCNC(=NCC(C)(C)C(N)=O)NCC1(c2cccc(F)c2)CC1.I. The second kappa shape index (κ2) is 8.82. The molecule has 0 spiro atoms. The molecule has 0 atom stereocenters. The van der Waals surface area contributed by atoms with Gasteiger partial charge in [-0.05, 0) is 51.3 Å². The van der Waals surface area contributed by atoms with Crippen LogP contribution in [0.5, 0.6) is 0 Å². The van der Waals surface area contributed by atoms with Gasteiger partial charge in [-0.15, -0.1) is 24.0 Å². The number of nitrogens with one attached hydrogen (secondary N) is 2. The van der Waals surface area contributed by atoms with Crippen molar-refractivity contribution >= 4 is 35.8 Å². The molecule has 1 fully saturated rings. The van der Waals surface area contributed by atoms with Crippen LogP contribution in [0.25, 0.3) is 0 Å². The van der Waals surface area contributed by atoms with Crippen LogP contribution in [-0.4, -0.2) is 31.5 Å².